The average Bonchev–Trinajstić information content (AvgIpc) is 3.11. The van der Waals surface area contributed by atoms with Gasteiger partial charge < -0.3 is 9.73 Å². The van der Waals surface area contributed by atoms with E-state index < -0.39 is 17.6 Å². The topological polar surface area (TPSA) is 96.7 Å². The summed E-state index contributed by atoms with van der Waals surface area (Å²) in [7, 11) is 0. The number of fused-ring (bicyclic) bond motifs is 1. The van der Waals surface area contributed by atoms with Crippen LogP contribution in [-0.4, -0.2) is 26.3 Å². The van der Waals surface area contributed by atoms with Gasteiger partial charge in [0.05, 0.1) is 17.3 Å². The minimum atomic E-state index is -4.55. The molecule has 0 atom stereocenters. The molecule has 1 aromatic carbocycles. The van der Waals surface area contributed by atoms with Crippen molar-refractivity contribution in [2.75, 3.05) is 5.32 Å². The van der Waals surface area contributed by atoms with Gasteiger partial charge in [-0.05, 0) is 12.1 Å². The van der Waals surface area contributed by atoms with Crippen LogP contribution in [0.5, 0.6) is 0 Å². The molecule has 2 N–H and O–H groups in total. The molecule has 24 heavy (non-hydrogen) atoms. The van der Waals surface area contributed by atoms with Crippen LogP contribution in [-0.2, 0) is 17.4 Å². The number of carbonyl (C=O) groups excluding carboxylic acids is 1. The fourth-order valence-electron chi connectivity index (χ4n) is 2.24. The lowest BCUT2D eigenvalue weighted by Gasteiger charge is -2.11. The van der Waals surface area contributed by atoms with Gasteiger partial charge in [-0.15, -0.1) is 10.2 Å². The Balaban J connectivity index is 1.75. The third-order valence-electron chi connectivity index (χ3n) is 3.28. The van der Waals surface area contributed by atoms with Crippen molar-refractivity contribution in [3.8, 4) is 0 Å². The molecule has 0 unspecified atom stereocenters. The Hall–Kier alpha value is -2.91. The van der Waals surface area contributed by atoms with Crippen molar-refractivity contribution in [3.63, 3.8) is 0 Å². The third-order valence-corrected chi connectivity index (χ3v) is 3.28. The Kier molecular flexibility index (Phi) is 3.96. The molecule has 0 aliphatic rings. The molecule has 2 heterocycles. The molecule has 126 valence electrons. The van der Waals surface area contributed by atoms with Crippen molar-refractivity contribution >= 4 is 22.5 Å². The first-order valence-corrected chi connectivity index (χ1v) is 6.96. The summed E-state index contributed by atoms with van der Waals surface area (Å²) >= 11 is 0. The number of carbonyl (C=O) groups is 1. The fourth-order valence-corrected chi connectivity index (χ4v) is 2.24. The van der Waals surface area contributed by atoms with Gasteiger partial charge in [0.25, 0.3) is 0 Å². The van der Waals surface area contributed by atoms with E-state index in [4.69, 9.17) is 4.42 Å². The number of benzene rings is 1. The van der Waals surface area contributed by atoms with Crippen LogP contribution in [0, 0.1) is 6.92 Å². The molecule has 3 rings (SSSR count). The van der Waals surface area contributed by atoms with E-state index in [1.54, 1.807) is 6.92 Å². The quantitative estimate of drug-likeness (QED) is 0.762. The number of hydrogen-bond donors (Lipinski definition) is 2. The van der Waals surface area contributed by atoms with Crippen LogP contribution in [0.2, 0.25) is 0 Å². The minimum Gasteiger partial charge on any atom is -0.426 e. The highest BCUT2D eigenvalue weighted by molar-refractivity contribution is 5.94. The first-order chi connectivity index (χ1) is 11.3. The lowest BCUT2D eigenvalue weighted by atomic mass is 10.1. The Morgan fingerprint density at radius 2 is 2.12 bits per heavy atom. The second-order valence-electron chi connectivity index (χ2n) is 5.12. The van der Waals surface area contributed by atoms with Crippen LogP contribution in [0.1, 0.15) is 23.8 Å². The van der Waals surface area contributed by atoms with Gasteiger partial charge in [-0.3, -0.25) is 9.89 Å². The predicted octanol–water partition coefficient (Wildman–Crippen LogP) is 2.84. The highest BCUT2D eigenvalue weighted by Gasteiger charge is 2.33. The predicted molar refractivity (Wildman–Crippen MR) is 77.1 cm³/mol. The smallest absolute Gasteiger partial charge is 0.417 e. The van der Waals surface area contributed by atoms with Gasteiger partial charge in [0.2, 0.25) is 17.7 Å². The molecular formula is C14H12F3N5O2. The average molecular weight is 339 g/mol. The van der Waals surface area contributed by atoms with Gasteiger partial charge in [0.15, 0.2) is 0 Å². The fraction of sp³-hybridized carbons (Fsp3) is 0.286. The number of aromatic nitrogens is 4. The monoisotopic (exact) mass is 339 g/mol. The van der Waals surface area contributed by atoms with E-state index in [1.165, 1.54) is 6.07 Å². The number of anilines is 1. The SMILES string of the molecule is Cc1nnc(CCC(=O)Nc2cc(C(F)(F)F)c3cn[nH]c3c2)o1. The molecule has 0 radical (unpaired) electrons. The van der Waals surface area contributed by atoms with Crippen molar-refractivity contribution in [1.29, 1.82) is 0 Å². The Morgan fingerprint density at radius 1 is 1.33 bits per heavy atom. The highest BCUT2D eigenvalue weighted by atomic mass is 19.4. The number of rotatable bonds is 4. The number of H-pyrrole nitrogens is 1. The number of nitrogens with one attached hydrogen (secondary N) is 2. The largest absolute Gasteiger partial charge is 0.426 e. The highest BCUT2D eigenvalue weighted by Crippen LogP contribution is 2.36. The van der Waals surface area contributed by atoms with E-state index in [0.717, 1.165) is 12.3 Å². The van der Waals surface area contributed by atoms with Crippen molar-refractivity contribution in [1.82, 2.24) is 20.4 Å². The second-order valence-corrected chi connectivity index (χ2v) is 5.12. The van der Waals surface area contributed by atoms with Crippen molar-refractivity contribution in [2.24, 2.45) is 0 Å². The number of aromatic amines is 1. The van der Waals surface area contributed by atoms with E-state index in [1.807, 2.05) is 0 Å². The number of aryl methyl sites for hydroxylation is 2. The molecule has 0 saturated carbocycles. The second kappa shape index (κ2) is 5.95. The molecule has 0 spiro atoms. The molecule has 0 saturated heterocycles. The van der Waals surface area contributed by atoms with Crippen LogP contribution in [0.15, 0.2) is 22.7 Å². The first-order valence-electron chi connectivity index (χ1n) is 6.96. The summed E-state index contributed by atoms with van der Waals surface area (Å²) in [6, 6.07) is 2.28. The van der Waals surface area contributed by atoms with Crippen LogP contribution in [0.25, 0.3) is 10.9 Å². The van der Waals surface area contributed by atoms with Gasteiger partial charge in [-0.1, -0.05) is 0 Å². The van der Waals surface area contributed by atoms with Crippen molar-refractivity contribution in [2.45, 2.75) is 25.9 Å². The van der Waals surface area contributed by atoms with Gasteiger partial charge in [0, 0.05) is 30.8 Å². The summed E-state index contributed by atoms with van der Waals surface area (Å²) in [5.74, 6) is 0.213. The third kappa shape index (κ3) is 3.36. The summed E-state index contributed by atoms with van der Waals surface area (Å²) in [6.45, 7) is 1.62. The number of hydrogen-bond acceptors (Lipinski definition) is 5. The van der Waals surface area contributed by atoms with Gasteiger partial charge >= 0.3 is 6.18 Å². The standard InChI is InChI=1S/C14H12F3N5O2/c1-7-20-22-13(24-7)3-2-12(23)19-8-4-10(14(15,16)17)9-6-18-21-11(9)5-8/h4-6H,2-3H2,1H3,(H,18,21)(H,19,23). The Bertz CT molecular complexity index is 884. The Morgan fingerprint density at radius 3 is 2.79 bits per heavy atom. The zero-order chi connectivity index (χ0) is 17.3. The molecule has 1 amide bonds. The van der Waals surface area contributed by atoms with Crippen molar-refractivity contribution in [3.05, 3.63) is 35.7 Å². The van der Waals surface area contributed by atoms with Gasteiger partial charge in [-0.25, -0.2) is 0 Å². The molecule has 10 heteroatoms. The number of amides is 1. The summed E-state index contributed by atoms with van der Waals surface area (Å²) in [5.41, 5.74) is -0.644. The summed E-state index contributed by atoms with van der Waals surface area (Å²) < 4.78 is 44.4. The molecular weight excluding hydrogens is 327 g/mol. The van der Waals surface area contributed by atoms with Crippen LogP contribution < -0.4 is 5.32 Å². The number of nitrogens with zero attached hydrogens (tertiary/aromatic N) is 3. The molecule has 2 aromatic heterocycles. The van der Waals surface area contributed by atoms with E-state index in [-0.39, 0.29) is 29.4 Å². The molecule has 0 fully saturated rings. The zero-order valence-corrected chi connectivity index (χ0v) is 12.4. The lowest BCUT2D eigenvalue weighted by molar-refractivity contribution is -0.136. The summed E-state index contributed by atoms with van der Waals surface area (Å²) in [6.07, 6.45) is -3.25. The minimum absolute atomic E-state index is 0.00397. The van der Waals surface area contributed by atoms with Crippen LogP contribution >= 0.6 is 0 Å². The maximum absolute atomic E-state index is 13.1. The van der Waals surface area contributed by atoms with Gasteiger partial charge in [0.1, 0.15) is 0 Å². The van der Waals surface area contributed by atoms with E-state index in [2.05, 4.69) is 25.7 Å². The Labute approximate surface area is 133 Å². The van der Waals surface area contributed by atoms with Crippen LogP contribution in [0.4, 0.5) is 18.9 Å². The maximum Gasteiger partial charge on any atom is 0.417 e. The normalized spacial score (nSPS) is 11.8. The van der Waals surface area contributed by atoms with Crippen molar-refractivity contribution < 1.29 is 22.4 Å². The number of alkyl halides is 3. The summed E-state index contributed by atoms with van der Waals surface area (Å²) in [4.78, 5) is 11.9. The summed E-state index contributed by atoms with van der Waals surface area (Å²) in [5, 5.41) is 15.8. The molecule has 0 aliphatic carbocycles. The zero-order valence-electron chi connectivity index (χ0n) is 12.4. The molecule has 0 aliphatic heterocycles. The number of halogens is 3. The maximum atomic E-state index is 13.1. The van der Waals surface area contributed by atoms with Gasteiger partial charge in [-0.2, -0.15) is 18.3 Å². The lowest BCUT2D eigenvalue weighted by Crippen LogP contribution is -2.14. The van der Waals surface area contributed by atoms with E-state index in [0.29, 0.717) is 11.8 Å². The molecule has 0 bridgehead atoms. The molecule has 3 aromatic rings. The van der Waals surface area contributed by atoms with E-state index in [9.17, 15) is 18.0 Å². The van der Waals surface area contributed by atoms with E-state index >= 15 is 0 Å². The molecule has 7 nitrogen and oxygen atoms in total. The van der Waals surface area contributed by atoms with Crippen LogP contribution in [0.3, 0.4) is 0 Å². The first kappa shape index (κ1) is 16.0.